The Bertz CT molecular complexity index is 603. The Balaban J connectivity index is 1.56. The summed E-state index contributed by atoms with van der Waals surface area (Å²) < 4.78 is 5.13. The van der Waals surface area contributed by atoms with Gasteiger partial charge in [0.15, 0.2) is 0 Å². The van der Waals surface area contributed by atoms with Crippen LogP contribution in [-0.4, -0.2) is 23.7 Å². The van der Waals surface area contributed by atoms with Gasteiger partial charge in [0.2, 0.25) is 0 Å². The highest BCUT2D eigenvalue weighted by molar-refractivity contribution is 7.11. The van der Waals surface area contributed by atoms with Crippen molar-refractivity contribution in [1.29, 1.82) is 0 Å². The molecular formula is C17H22N2O2S. The topological polar surface area (TPSA) is 54.4 Å². The third kappa shape index (κ3) is 3.32. The van der Waals surface area contributed by atoms with Crippen LogP contribution < -0.4 is 10.1 Å². The minimum absolute atomic E-state index is 0.170. The van der Waals surface area contributed by atoms with Crippen LogP contribution in [0.15, 0.2) is 24.3 Å². The second-order valence-corrected chi connectivity index (χ2v) is 6.81. The Labute approximate surface area is 135 Å². The summed E-state index contributed by atoms with van der Waals surface area (Å²) in [5.74, 6) is 0.801. The molecule has 0 fully saturated rings. The lowest BCUT2D eigenvalue weighted by molar-refractivity contribution is 0.170. The lowest BCUT2D eigenvalue weighted by Gasteiger charge is -2.16. The van der Waals surface area contributed by atoms with Crippen molar-refractivity contribution in [3.63, 3.8) is 0 Å². The van der Waals surface area contributed by atoms with Crippen molar-refractivity contribution >= 4 is 11.3 Å². The van der Waals surface area contributed by atoms with Gasteiger partial charge in [0.05, 0.1) is 24.9 Å². The number of hydrogen-bond donors (Lipinski definition) is 2. The number of hydrogen-bond acceptors (Lipinski definition) is 5. The van der Waals surface area contributed by atoms with Crippen molar-refractivity contribution in [2.45, 2.75) is 38.3 Å². The van der Waals surface area contributed by atoms with Crippen LogP contribution in [0, 0.1) is 0 Å². The van der Waals surface area contributed by atoms with E-state index in [9.17, 15) is 5.11 Å². The number of nitrogens with zero attached hydrogens (tertiary/aromatic N) is 1. The summed E-state index contributed by atoms with van der Waals surface area (Å²) in [7, 11) is 1.64. The van der Waals surface area contributed by atoms with Gasteiger partial charge in [-0.05, 0) is 43.9 Å². The van der Waals surface area contributed by atoms with Gasteiger partial charge >= 0.3 is 0 Å². The summed E-state index contributed by atoms with van der Waals surface area (Å²) in [5.41, 5.74) is 2.17. The molecule has 0 spiro atoms. The highest BCUT2D eigenvalue weighted by Crippen LogP contribution is 2.30. The van der Waals surface area contributed by atoms with E-state index in [1.54, 1.807) is 7.11 Å². The summed E-state index contributed by atoms with van der Waals surface area (Å²) in [6.07, 6.45) is 3.01. The smallest absolute Gasteiger partial charge is 0.118 e. The number of benzene rings is 1. The molecule has 3 rings (SSSR count). The zero-order valence-corrected chi connectivity index (χ0v) is 13.8. The van der Waals surface area contributed by atoms with Crippen LogP contribution in [0.4, 0.5) is 0 Å². The lowest BCUT2D eigenvalue weighted by atomic mass is 10.1. The van der Waals surface area contributed by atoms with Gasteiger partial charge in [-0.25, -0.2) is 4.98 Å². The number of aromatic nitrogens is 1. The summed E-state index contributed by atoms with van der Waals surface area (Å²) in [4.78, 5) is 6.17. The summed E-state index contributed by atoms with van der Waals surface area (Å²) in [5, 5.41) is 14.8. The van der Waals surface area contributed by atoms with E-state index in [1.807, 2.05) is 35.6 Å². The van der Waals surface area contributed by atoms with E-state index in [2.05, 4.69) is 12.2 Å². The standard InChI is InChI=1S/C17H22N2O2S/c1-11(17-19-14-4-3-5-16(14)22-17)18-10-15(20)12-6-8-13(21-2)9-7-12/h6-9,11,15,18,20H,3-5,10H2,1-2H3. The molecule has 1 aromatic heterocycles. The van der Waals surface area contributed by atoms with Gasteiger partial charge < -0.3 is 15.2 Å². The zero-order chi connectivity index (χ0) is 15.5. The Morgan fingerprint density at radius 1 is 1.32 bits per heavy atom. The molecule has 1 aliphatic carbocycles. The third-order valence-corrected chi connectivity index (χ3v) is 5.44. The number of thiazole rings is 1. The van der Waals surface area contributed by atoms with Gasteiger partial charge in [-0.3, -0.25) is 0 Å². The van der Waals surface area contributed by atoms with E-state index in [0.29, 0.717) is 6.54 Å². The molecule has 4 nitrogen and oxygen atoms in total. The van der Waals surface area contributed by atoms with Gasteiger partial charge in [0.1, 0.15) is 10.8 Å². The molecule has 0 bridgehead atoms. The molecule has 2 N–H and O–H groups in total. The van der Waals surface area contributed by atoms with E-state index in [-0.39, 0.29) is 6.04 Å². The second-order valence-electron chi connectivity index (χ2n) is 5.69. The molecule has 0 saturated heterocycles. The molecule has 2 aromatic rings. The van der Waals surface area contributed by atoms with Gasteiger partial charge in [-0.2, -0.15) is 0 Å². The molecule has 2 atom stereocenters. The molecule has 1 heterocycles. The minimum Gasteiger partial charge on any atom is -0.497 e. The predicted octanol–water partition coefficient (Wildman–Crippen LogP) is 3.02. The van der Waals surface area contributed by atoms with Crippen molar-refractivity contribution in [2.75, 3.05) is 13.7 Å². The molecular weight excluding hydrogens is 296 g/mol. The number of ether oxygens (including phenoxy) is 1. The number of aliphatic hydroxyl groups is 1. The average molecular weight is 318 g/mol. The van der Waals surface area contributed by atoms with E-state index >= 15 is 0 Å². The van der Waals surface area contributed by atoms with E-state index in [4.69, 9.17) is 9.72 Å². The molecule has 0 aliphatic heterocycles. The van der Waals surface area contributed by atoms with Crippen molar-refractivity contribution < 1.29 is 9.84 Å². The van der Waals surface area contributed by atoms with Crippen molar-refractivity contribution in [1.82, 2.24) is 10.3 Å². The predicted molar refractivity (Wildman–Crippen MR) is 88.5 cm³/mol. The van der Waals surface area contributed by atoms with Crippen LogP contribution in [0.3, 0.4) is 0 Å². The van der Waals surface area contributed by atoms with Crippen LogP contribution in [-0.2, 0) is 12.8 Å². The minimum atomic E-state index is -0.528. The third-order valence-electron chi connectivity index (χ3n) is 4.10. The fourth-order valence-corrected chi connectivity index (χ4v) is 3.90. The zero-order valence-electron chi connectivity index (χ0n) is 13.0. The number of rotatable bonds is 6. The van der Waals surface area contributed by atoms with Gasteiger partial charge in [0, 0.05) is 11.4 Å². The Kier molecular flexibility index (Phi) is 4.76. The van der Waals surface area contributed by atoms with E-state index in [0.717, 1.165) is 22.7 Å². The van der Waals surface area contributed by atoms with Crippen LogP contribution in [0.2, 0.25) is 0 Å². The van der Waals surface area contributed by atoms with Crippen molar-refractivity contribution in [3.05, 3.63) is 45.4 Å². The fraction of sp³-hybridized carbons (Fsp3) is 0.471. The number of aliphatic hydroxyl groups excluding tert-OH is 1. The van der Waals surface area contributed by atoms with Crippen LogP contribution >= 0.6 is 11.3 Å². The molecule has 0 saturated carbocycles. The summed E-state index contributed by atoms with van der Waals surface area (Å²) >= 11 is 1.81. The molecule has 1 aromatic carbocycles. The quantitative estimate of drug-likeness (QED) is 0.859. The molecule has 0 amide bonds. The maximum atomic E-state index is 10.3. The highest BCUT2D eigenvalue weighted by Gasteiger charge is 2.20. The van der Waals surface area contributed by atoms with Gasteiger partial charge in [0.25, 0.3) is 0 Å². The highest BCUT2D eigenvalue weighted by atomic mass is 32.1. The number of aryl methyl sites for hydroxylation is 2. The van der Waals surface area contributed by atoms with E-state index < -0.39 is 6.10 Å². The van der Waals surface area contributed by atoms with Crippen molar-refractivity contribution in [3.8, 4) is 5.75 Å². The van der Waals surface area contributed by atoms with Crippen LogP contribution in [0.1, 0.15) is 46.6 Å². The molecule has 22 heavy (non-hydrogen) atoms. The maximum Gasteiger partial charge on any atom is 0.118 e. The average Bonchev–Trinajstić information content (AvgIpc) is 3.14. The Morgan fingerprint density at radius 3 is 2.77 bits per heavy atom. The second kappa shape index (κ2) is 6.77. The monoisotopic (exact) mass is 318 g/mol. The molecule has 1 aliphatic rings. The van der Waals surface area contributed by atoms with Crippen LogP contribution in [0.5, 0.6) is 5.75 Å². The number of methoxy groups -OCH3 is 1. The first-order valence-corrected chi connectivity index (χ1v) is 8.53. The largest absolute Gasteiger partial charge is 0.497 e. The molecule has 2 unspecified atom stereocenters. The summed E-state index contributed by atoms with van der Waals surface area (Å²) in [6, 6.07) is 7.70. The normalized spacial score (nSPS) is 16.3. The van der Waals surface area contributed by atoms with Crippen LogP contribution in [0.25, 0.3) is 0 Å². The Hall–Kier alpha value is -1.43. The molecule has 0 radical (unpaired) electrons. The van der Waals surface area contributed by atoms with Gasteiger partial charge in [-0.15, -0.1) is 11.3 Å². The fourth-order valence-electron chi connectivity index (χ4n) is 2.72. The first-order valence-electron chi connectivity index (χ1n) is 7.71. The summed E-state index contributed by atoms with van der Waals surface area (Å²) in [6.45, 7) is 2.62. The number of nitrogens with one attached hydrogen (secondary N) is 1. The van der Waals surface area contributed by atoms with Crippen molar-refractivity contribution in [2.24, 2.45) is 0 Å². The lowest BCUT2D eigenvalue weighted by Crippen LogP contribution is -2.24. The molecule has 118 valence electrons. The number of fused-ring (bicyclic) bond motifs is 1. The first-order chi connectivity index (χ1) is 10.7. The maximum absolute atomic E-state index is 10.3. The SMILES string of the molecule is COc1ccc(C(O)CNC(C)c2nc3c(s2)CCC3)cc1. The molecule has 5 heteroatoms. The van der Waals surface area contributed by atoms with E-state index in [1.165, 1.54) is 23.4 Å². The first kappa shape index (κ1) is 15.5. The Morgan fingerprint density at radius 2 is 2.09 bits per heavy atom. The van der Waals surface area contributed by atoms with Gasteiger partial charge in [-0.1, -0.05) is 12.1 Å².